The van der Waals surface area contributed by atoms with Crippen LogP contribution >= 0.6 is 0 Å². The van der Waals surface area contributed by atoms with E-state index >= 15 is 0 Å². The van der Waals surface area contributed by atoms with E-state index in [2.05, 4.69) is 54.8 Å². The Hall–Kier alpha value is -1.00. The molecule has 2 atom stereocenters. The summed E-state index contributed by atoms with van der Waals surface area (Å²) in [7, 11) is 0. The molecular weight excluding hydrogens is 248 g/mol. The van der Waals surface area contributed by atoms with E-state index in [1.807, 2.05) is 6.20 Å². The van der Waals surface area contributed by atoms with Gasteiger partial charge in [-0.15, -0.1) is 0 Å². The maximum atomic E-state index is 4.55. The largest absolute Gasteiger partial charge is 0.307 e. The van der Waals surface area contributed by atoms with Crippen molar-refractivity contribution in [3.63, 3.8) is 0 Å². The fourth-order valence-corrected chi connectivity index (χ4v) is 2.95. The second-order valence-electron chi connectivity index (χ2n) is 5.40. The van der Waals surface area contributed by atoms with Gasteiger partial charge in [0.05, 0.1) is 17.9 Å². The quantitative estimate of drug-likeness (QED) is 0.754. The predicted octanol–water partition coefficient (Wildman–Crippen LogP) is 3.03. The van der Waals surface area contributed by atoms with E-state index in [0.29, 0.717) is 0 Å². The molecule has 0 spiro atoms. The molecule has 0 aliphatic carbocycles. The molecule has 1 heterocycles. The van der Waals surface area contributed by atoms with Crippen LogP contribution in [0.25, 0.3) is 0 Å². The average molecular weight is 278 g/mol. The summed E-state index contributed by atoms with van der Waals surface area (Å²) in [4.78, 5) is 11.3. The van der Waals surface area contributed by atoms with E-state index in [0.717, 1.165) is 38.2 Å². The van der Waals surface area contributed by atoms with Crippen LogP contribution < -0.4 is 5.32 Å². The van der Waals surface area contributed by atoms with E-state index < -0.39 is 0 Å². The van der Waals surface area contributed by atoms with Gasteiger partial charge in [0, 0.05) is 17.9 Å². The van der Waals surface area contributed by atoms with Crippen LogP contribution in [0.3, 0.4) is 0 Å². The molecule has 1 aromatic rings. The Morgan fingerprint density at radius 2 is 1.90 bits per heavy atom. The van der Waals surface area contributed by atoms with Gasteiger partial charge < -0.3 is 5.32 Å². The zero-order valence-electron chi connectivity index (χ0n) is 13.7. The summed E-state index contributed by atoms with van der Waals surface area (Å²) in [5.74, 6) is 0. The van der Waals surface area contributed by atoms with Crippen molar-refractivity contribution in [1.82, 2.24) is 20.2 Å². The zero-order valence-corrected chi connectivity index (χ0v) is 13.7. The number of nitrogens with one attached hydrogen (secondary N) is 1. The van der Waals surface area contributed by atoms with Gasteiger partial charge in [0.2, 0.25) is 0 Å². The van der Waals surface area contributed by atoms with Crippen molar-refractivity contribution in [2.45, 2.75) is 59.0 Å². The van der Waals surface area contributed by atoms with Crippen LogP contribution in [0.1, 0.15) is 59.2 Å². The van der Waals surface area contributed by atoms with Crippen LogP contribution in [0.4, 0.5) is 0 Å². The molecule has 0 aliphatic rings. The molecular formula is C16H30N4. The molecule has 1 rings (SSSR count). The smallest absolute Gasteiger partial charge is 0.0774 e. The third-order valence-electron chi connectivity index (χ3n) is 4.30. The molecule has 2 unspecified atom stereocenters. The predicted molar refractivity (Wildman–Crippen MR) is 84.7 cm³/mol. The summed E-state index contributed by atoms with van der Waals surface area (Å²) in [5.41, 5.74) is 1.09. The Labute approximate surface area is 124 Å². The van der Waals surface area contributed by atoms with Crippen molar-refractivity contribution in [1.29, 1.82) is 0 Å². The lowest BCUT2D eigenvalue weighted by Gasteiger charge is -2.45. The highest BCUT2D eigenvalue weighted by molar-refractivity contribution is 5.11. The minimum Gasteiger partial charge on any atom is -0.307 e. The topological polar surface area (TPSA) is 41.1 Å². The highest BCUT2D eigenvalue weighted by Crippen LogP contribution is 2.33. The summed E-state index contributed by atoms with van der Waals surface area (Å²) in [6.07, 6.45) is 7.61. The fourth-order valence-electron chi connectivity index (χ4n) is 2.95. The Morgan fingerprint density at radius 1 is 1.20 bits per heavy atom. The van der Waals surface area contributed by atoms with Gasteiger partial charge in [-0.25, -0.2) is 0 Å². The van der Waals surface area contributed by atoms with E-state index in [9.17, 15) is 0 Å². The molecule has 20 heavy (non-hydrogen) atoms. The van der Waals surface area contributed by atoms with E-state index in [1.54, 1.807) is 12.4 Å². The van der Waals surface area contributed by atoms with Crippen LogP contribution in [0.2, 0.25) is 0 Å². The lowest BCUT2D eigenvalue weighted by Crippen LogP contribution is -2.54. The third kappa shape index (κ3) is 3.76. The molecule has 0 saturated carbocycles. The Morgan fingerprint density at radius 3 is 2.35 bits per heavy atom. The summed E-state index contributed by atoms with van der Waals surface area (Å²) in [5, 5.41) is 3.68. The van der Waals surface area contributed by atoms with Gasteiger partial charge in [-0.3, -0.25) is 14.9 Å². The van der Waals surface area contributed by atoms with E-state index in [-0.39, 0.29) is 11.6 Å². The van der Waals surface area contributed by atoms with Gasteiger partial charge in [0.25, 0.3) is 0 Å². The monoisotopic (exact) mass is 278 g/mol. The first-order chi connectivity index (χ1) is 9.63. The number of rotatable bonds is 9. The van der Waals surface area contributed by atoms with Crippen molar-refractivity contribution < 1.29 is 0 Å². The van der Waals surface area contributed by atoms with Gasteiger partial charge >= 0.3 is 0 Å². The van der Waals surface area contributed by atoms with Gasteiger partial charge in [0.1, 0.15) is 0 Å². The number of likely N-dealkylation sites (N-methyl/N-ethyl adjacent to an activating group) is 1. The second kappa shape index (κ2) is 8.32. The van der Waals surface area contributed by atoms with Crippen molar-refractivity contribution in [2.24, 2.45) is 0 Å². The van der Waals surface area contributed by atoms with Crippen LogP contribution in [0.15, 0.2) is 18.6 Å². The first kappa shape index (κ1) is 17.1. The van der Waals surface area contributed by atoms with E-state index in [1.165, 1.54) is 0 Å². The highest BCUT2D eigenvalue weighted by Gasteiger charge is 2.38. The Balaban J connectivity index is 3.12. The van der Waals surface area contributed by atoms with Crippen molar-refractivity contribution in [3.8, 4) is 0 Å². The first-order valence-electron chi connectivity index (χ1n) is 7.88. The van der Waals surface area contributed by atoms with Crippen LogP contribution in [0, 0.1) is 0 Å². The zero-order chi connectivity index (χ0) is 15.0. The number of hydrogen-bond acceptors (Lipinski definition) is 4. The molecule has 4 nitrogen and oxygen atoms in total. The summed E-state index contributed by atoms with van der Waals surface area (Å²) < 4.78 is 0. The Bertz CT molecular complexity index is 364. The molecule has 0 fully saturated rings. The maximum Gasteiger partial charge on any atom is 0.0774 e. The molecule has 0 aromatic carbocycles. The van der Waals surface area contributed by atoms with Crippen LogP contribution in [-0.4, -0.2) is 40.0 Å². The highest BCUT2D eigenvalue weighted by atomic mass is 15.2. The standard InChI is InChI=1S/C16H30N4/c1-6-10-19-15(14-13-17-11-12-18-14)16(5,7-2)20(8-3)9-4/h11-13,15,19H,6-10H2,1-5H3. The van der Waals surface area contributed by atoms with E-state index in [4.69, 9.17) is 0 Å². The van der Waals surface area contributed by atoms with Crippen molar-refractivity contribution in [2.75, 3.05) is 19.6 Å². The molecule has 0 saturated heterocycles. The summed E-state index contributed by atoms with van der Waals surface area (Å²) in [6.45, 7) is 14.3. The molecule has 114 valence electrons. The number of hydrogen-bond donors (Lipinski definition) is 1. The molecule has 4 heteroatoms. The maximum absolute atomic E-state index is 4.55. The minimum atomic E-state index is 0.0503. The molecule has 1 N–H and O–H groups in total. The lowest BCUT2D eigenvalue weighted by atomic mass is 9.85. The normalized spacial score (nSPS) is 16.1. The summed E-state index contributed by atoms with van der Waals surface area (Å²) >= 11 is 0. The number of aromatic nitrogens is 2. The molecule has 0 amide bonds. The average Bonchev–Trinajstić information content (AvgIpc) is 2.49. The minimum absolute atomic E-state index is 0.0503. The van der Waals surface area contributed by atoms with Crippen molar-refractivity contribution in [3.05, 3.63) is 24.3 Å². The SMILES string of the molecule is CCCNC(c1cnccn1)C(C)(CC)N(CC)CC. The van der Waals surface area contributed by atoms with Gasteiger partial charge in [-0.2, -0.15) is 0 Å². The number of nitrogens with zero attached hydrogens (tertiary/aromatic N) is 3. The van der Waals surface area contributed by atoms with Crippen LogP contribution in [0.5, 0.6) is 0 Å². The van der Waals surface area contributed by atoms with Gasteiger partial charge in [-0.05, 0) is 39.4 Å². The third-order valence-corrected chi connectivity index (χ3v) is 4.30. The second-order valence-corrected chi connectivity index (χ2v) is 5.40. The van der Waals surface area contributed by atoms with Gasteiger partial charge in [-0.1, -0.05) is 27.7 Å². The molecule has 1 aromatic heterocycles. The first-order valence-corrected chi connectivity index (χ1v) is 7.88. The molecule has 0 radical (unpaired) electrons. The molecule has 0 aliphatic heterocycles. The van der Waals surface area contributed by atoms with Crippen LogP contribution in [-0.2, 0) is 0 Å². The fraction of sp³-hybridized carbons (Fsp3) is 0.750. The lowest BCUT2D eigenvalue weighted by molar-refractivity contribution is 0.0681. The Kier molecular flexibility index (Phi) is 7.10. The van der Waals surface area contributed by atoms with Gasteiger partial charge in [0.15, 0.2) is 0 Å². The summed E-state index contributed by atoms with van der Waals surface area (Å²) in [6, 6.07) is 0.209. The molecule has 0 bridgehead atoms. The van der Waals surface area contributed by atoms with Crippen molar-refractivity contribution >= 4 is 0 Å².